The van der Waals surface area contributed by atoms with Gasteiger partial charge in [-0.15, -0.1) is 10.2 Å². The standard InChI is InChI=1S/C11H15ClN4O/c1-15-6-8-9(7-15)17-5-4-16(8)11-3-2-10(12)13-14-11/h2-3,8-9H,4-7H2,1H3/t8-,9+/m1/s1. The molecule has 17 heavy (non-hydrogen) atoms. The Bertz CT molecular complexity index is 399. The number of fused-ring (bicyclic) bond motifs is 1. The fourth-order valence-corrected chi connectivity index (χ4v) is 2.72. The zero-order chi connectivity index (χ0) is 11.8. The molecule has 5 nitrogen and oxygen atoms in total. The van der Waals surface area contributed by atoms with Gasteiger partial charge in [0.15, 0.2) is 11.0 Å². The molecule has 2 saturated heterocycles. The van der Waals surface area contributed by atoms with Crippen LogP contribution in [0.15, 0.2) is 12.1 Å². The summed E-state index contributed by atoms with van der Waals surface area (Å²) < 4.78 is 5.79. The third kappa shape index (κ3) is 2.10. The predicted octanol–water partition coefficient (Wildman–Crippen LogP) is 0.649. The Hall–Kier alpha value is -0.910. The smallest absolute Gasteiger partial charge is 0.151 e. The molecule has 1 aromatic heterocycles. The van der Waals surface area contributed by atoms with Crippen molar-refractivity contribution < 1.29 is 4.74 Å². The van der Waals surface area contributed by atoms with Gasteiger partial charge in [0.1, 0.15) is 0 Å². The Labute approximate surface area is 105 Å². The summed E-state index contributed by atoms with van der Waals surface area (Å²) in [5, 5.41) is 8.50. The van der Waals surface area contributed by atoms with Crippen molar-refractivity contribution in [2.24, 2.45) is 0 Å². The monoisotopic (exact) mass is 254 g/mol. The molecular formula is C11H15ClN4O. The van der Waals surface area contributed by atoms with Gasteiger partial charge >= 0.3 is 0 Å². The Morgan fingerprint density at radius 3 is 3.00 bits per heavy atom. The lowest BCUT2D eigenvalue weighted by Crippen LogP contribution is -2.51. The Morgan fingerprint density at radius 1 is 1.35 bits per heavy atom. The van der Waals surface area contributed by atoms with E-state index in [1.54, 1.807) is 6.07 Å². The zero-order valence-electron chi connectivity index (χ0n) is 9.71. The molecule has 92 valence electrons. The van der Waals surface area contributed by atoms with E-state index in [1.807, 2.05) is 6.07 Å². The summed E-state index contributed by atoms with van der Waals surface area (Å²) in [7, 11) is 2.12. The third-order valence-corrected chi connectivity index (χ3v) is 3.60. The molecule has 0 spiro atoms. The topological polar surface area (TPSA) is 41.5 Å². The average Bonchev–Trinajstić information content (AvgIpc) is 2.70. The summed E-state index contributed by atoms with van der Waals surface area (Å²) in [6.07, 6.45) is 0.284. The van der Waals surface area contributed by atoms with Crippen LogP contribution in [0.5, 0.6) is 0 Å². The van der Waals surface area contributed by atoms with Crippen molar-refractivity contribution >= 4 is 17.4 Å². The number of ether oxygens (including phenoxy) is 1. The van der Waals surface area contributed by atoms with Crippen LogP contribution in [0, 0.1) is 0 Å². The highest BCUT2D eigenvalue weighted by Gasteiger charge is 2.39. The number of hydrogen-bond acceptors (Lipinski definition) is 5. The van der Waals surface area contributed by atoms with E-state index < -0.39 is 0 Å². The highest BCUT2D eigenvalue weighted by atomic mass is 35.5. The van der Waals surface area contributed by atoms with E-state index in [0.29, 0.717) is 11.2 Å². The van der Waals surface area contributed by atoms with Crippen LogP contribution in [0.3, 0.4) is 0 Å². The molecule has 2 aliphatic rings. The Morgan fingerprint density at radius 2 is 2.24 bits per heavy atom. The third-order valence-electron chi connectivity index (χ3n) is 3.40. The Kier molecular flexibility index (Phi) is 2.90. The fraction of sp³-hybridized carbons (Fsp3) is 0.636. The maximum Gasteiger partial charge on any atom is 0.151 e. The molecular weight excluding hydrogens is 240 g/mol. The first kappa shape index (κ1) is 11.2. The molecule has 0 aromatic carbocycles. The van der Waals surface area contributed by atoms with Crippen LogP contribution >= 0.6 is 11.6 Å². The quantitative estimate of drug-likeness (QED) is 0.736. The van der Waals surface area contributed by atoms with Crippen LogP contribution in [0.2, 0.25) is 5.15 Å². The van der Waals surface area contributed by atoms with Crippen molar-refractivity contribution in [3.63, 3.8) is 0 Å². The second-order valence-corrected chi connectivity index (χ2v) is 4.99. The van der Waals surface area contributed by atoms with Gasteiger partial charge in [-0.25, -0.2) is 0 Å². The van der Waals surface area contributed by atoms with E-state index in [2.05, 4.69) is 27.0 Å². The number of morpholine rings is 1. The molecule has 3 rings (SSSR count). The molecule has 6 heteroatoms. The summed E-state index contributed by atoms with van der Waals surface area (Å²) in [5.41, 5.74) is 0. The highest BCUT2D eigenvalue weighted by molar-refractivity contribution is 6.29. The van der Waals surface area contributed by atoms with Crippen LogP contribution in [0.25, 0.3) is 0 Å². The molecule has 0 unspecified atom stereocenters. The molecule has 0 radical (unpaired) electrons. The van der Waals surface area contributed by atoms with Gasteiger partial charge in [0, 0.05) is 19.6 Å². The van der Waals surface area contributed by atoms with E-state index in [-0.39, 0.29) is 6.10 Å². The normalized spacial score (nSPS) is 29.4. The molecule has 2 fully saturated rings. The van der Waals surface area contributed by atoms with Gasteiger partial charge < -0.3 is 14.5 Å². The molecule has 2 atom stereocenters. The molecule has 0 aliphatic carbocycles. The molecule has 3 heterocycles. The first-order valence-electron chi connectivity index (χ1n) is 5.80. The molecule has 1 aromatic rings. The first-order chi connectivity index (χ1) is 8.24. The molecule has 0 saturated carbocycles. The van der Waals surface area contributed by atoms with Crippen LogP contribution in [0.1, 0.15) is 0 Å². The largest absolute Gasteiger partial charge is 0.373 e. The summed E-state index contributed by atoms with van der Waals surface area (Å²) in [4.78, 5) is 4.57. The van der Waals surface area contributed by atoms with Gasteiger partial charge in [-0.3, -0.25) is 0 Å². The lowest BCUT2D eigenvalue weighted by Gasteiger charge is -2.37. The minimum atomic E-state index is 0.284. The van der Waals surface area contributed by atoms with Crippen molar-refractivity contribution in [3.8, 4) is 0 Å². The second kappa shape index (κ2) is 4.40. The van der Waals surface area contributed by atoms with Crippen LogP contribution in [0.4, 0.5) is 5.82 Å². The average molecular weight is 255 g/mol. The maximum absolute atomic E-state index is 5.79. The zero-order valence-corrected chi connectivity index (χ0v) is 10.5. The van der Waals surface area contributed by atoms with Crippen molar-refractivity contribution in [2.45, 2.75) is 12.1 Å². The van der Waals surface area contributed by atoms with Crippen LogP contribution in [-0.4, -0.2) is 60.5 Å². The van der Waals surface area contributed by atoms with Crippen molar-refractivity contribution in [1.82, 2.24) is 15.1 Å². The van der Waals surface area contributed by atoms with Crippen LogP contribution < -0.4 is 4.90 Å². The molecule has 2 aliphatic heterocycles. The van der Waals surface area contributed by atoms with Crippen molar-refractivity contribution in [3.05, 3.63) is 17.3 Å². The molecule has 0 amide bonds. The van der Waals surface area contributed by atoms with Crippen molar-refractivity contribution in [2.75, 3.05) is 38.2 Å². The van der Waals surface area contributed by atoms with Gasteiger partial charge in [0.05, 0.1) is 18.8 Å². The van der Waals surface area contributed by atoms with Gasteiger partial charge in [0.2, 0.25) is 0 Å². The number of halogens is 1. The second-order valence-electron chi connectivity index (χ2n) is 4.61. The number of hydrogen-bond donors (Lipinski definition) is 0. The Balaban J connectivity index is 1.84. The number of nitrogens with zero attached hydrogens (tertiary/aromatic N) is 4. The predicted molar refractivity (Wildman–Crippen MR) is 65.4 cm³/mol. The lowest BCUT2D eigenvalue weighted by molar-refractivity contribution is 0.0314. The number of likely N-dealkylation sites (tertiary alicyclic amines) is 1. The maximum atomic E-state index is 5.79. The van der Waals surface area contributed by atoms with Gasteiger partial charge in [0.25, 0.3) is 0 Å². The number of rotatable bonds is 1. The van der Waals surface area contributed by atoms with Gasteiger partial charge in [-0.1, -0.05) is 11.6 Å². The number of likely N-dealkylation sites (N-methyl/N-ethyl adjacent to an activating group) is 1. The molecule has 0 N–H and O–H groups in total. The minimum absolute atomic E-state index is 0.284. The van der Waals surface area contributed by atoms with E-state index in [0.717, 1.165) is 32.1 Å². The van der Waals surface area contributed by atoms with Crippen molar-refractivity contribution in [1.29, 1.82) is 0 Å². The summed E-state index contributed by atoms with van der Waals surface area (Å²) in [5.74, 6) is 0.892. The summed E-state index contributed by atoms with van der Waals surface area (Å²) in [6.45, 7) is 3.61. The van der Waals surface area contributed by atoms with Gasteiger partial charge in [-0.05, 0) is 19.2 Å². The van der Waals surface area contributed by atoms with Gasteiger partial charge in [-0.2, -0.15) is 0 Å². The van der Waals surface area contributed by atoms with E-state index in [1.165, 1.54) is 0 Å². The number of aromatic nitrogens is 2. The van der Waals surface area contributed by atoms with E-state index >= 15 is 0 Å². The first-order valence-corrected chi connectivity index (χ1v) is 6.18. The fourth-order valence-electron chi connectivity index (χ4n) is 2.62. The van der Waals surface area contributed by atoms with E-state index in [9.17, 15) is 0 Å². The van der Waals surface area contributed by atoms with Crippen LogP contribution in [-0.2, 0) is 4.74 Å². The van der Waals surface area contributed by atoms with E-state index in [4.69, 9.17) is 16.3 Å². The molecule has 0 bridgehead atoms. The number of anilines is 1. The summed E-state index contributed by atoms with van der Waals surface area (Å²) in [6, 6.07) is 4.09. The minimum Gasteiger partial charge on any atom is -0.373 e. The summed E-state index contributed by atoms with van der Waals surface area (Å²) >= 11 is 5.76. The SMILES string of the molecule is CN1C[C@@H]2OCCN(c3ccc(Cl)nn3)[C@@H]2C1. The lowest BCUT2D eigenvalue weighted by atomic mass is 10.1. The highest BCUT2D eigenvalue weighted by Crippen LogP contribution is 2.25.